The minimum absolute atomic E-state index is 0.171. The Morgan fingerprint density at radius 1 is 1.24 bits per heavy atom. The third-order valence-corrected chi connectivity index (χ3v) is 4.30. The molecule has 0 bridgehead atoms. The highest BCUT2D eigenvalue weighted by molar-refractivity contribution is 6.04. The van der Waals surface area contributed by atoms with E-state index in [0.717, 1.165) is 27.6 Å². The van der Waals surface area contributed by atoms with Crippen molar-refractivity contribution in [3.8, 4) is 5.75 Å². The number of rotatable bonds is 5. The zero-order chi connectivity index (χ0) is 17.2. The first kappa shape index (κ1) is 15.3. The summed E-state index contributed by atoms with van der Waals surface area (Å²) in [6, 6.07) is 15.6. The number of amides is 1. The van der Waals surface area contributed by atoms with Crippen LogP contribution in [0.2, 0.25) is 0 Å². The van der Waals surface area contributed by atoms with Gasteiger partial charge in [-0.05, 0) is 30.3 Å². The average molecular weight is 334 g/mol. The van der Waals surface area contributed by atoms with E-state index in [9.17, 15) is 4.79 Å². The van der Waals surface area contributed by atoms with Gasteiger partial charge in [0.25, 0.3) is 5.91 Å². The van der Waals surface area contributed by atoms with Crippen LogP contribution in [0.15, 0.2) is 54.7 Å². The molecule has 25 heavy (non-hydrogen) atoms. The number of aromatic nitrogens is 3. The molecule has 2 aromatic heterocycles. The summed E-state index contributed by atoms with van der Waals surface area (Å²) < 4.78 is 7.35. The number of para-hydroxylation sites is 1. The van der Waals surface area contributed by atoms with E-state index < -0.39 is 0 Å². The molecule has 0 spiro atoms. The van der Waals surface area contributed by atoms with E-state index in [1.807, 2.05) is 54.7 Å². The highest BCUT2D eigenvalue weighted by atomic mass is 16.5. The van der Waals surface area contributed by atoms with Crippen molar-refractivity contribution in [2.24, 2.45) is 0 Å². The molecule has 0 aliphatic heterocycles. The summed E-state index contributed by atoms with van der Waals surface area (Å²) in [4.78, 5) is 12.4. The standard InChI is InChI=1S/C19H18N4O2/c1-25-14-6-7-17-13(12-14)8-10-23(17)11-9-20-19(24)18-15-4-2-3-5-16(15)21-22-18/h2-8,10,12H,9,11H2,1H3,(H,20,24)(H,21,22). The molecule has 0 radical (unpaired) electrons. The number of aromatic amines is 1. The number of ether oxygens (including phenoxy) is 1. The maximum absolute atomic E-state index is 12.4. The minimum atomic E-state index is -0.171. The van der Waals surface area contributed by atoms with Crippen molar-refractivity contribution in [3.63, 3.8) is 0 Å². The van der Waals surface area contributed by atoms with Crippen molar-refractivity contribution >= 4 is 27.7 Å². The van der Waals surface area contributed by atoms with Gasteiger partial charge in [-0.15, -0.1) is 0 Å². The minimum Gasteiger partial charge on any atom is -0.497 e. The van der Waals surface area contributed by atoms with Crippen LogP contribution in [0.3, 0.4) is 0 Å². The number of H-pyrrole nitrogens is 1. The summed E-state index contributed by atoms with van der Waals surface area (Å²) >= 11 is 0. The molecule has 0 atom stereocenters. The normalized spacial score (nSPS) is 11.1. The number of nitrogens with one attached hydrogen (secondary N) is 2. The summed E-state index contributed by atoms with van der Waals surface area (Å²) in [7, 11) is 1.66. The van der Waals surface area contributed by atoms with Crippen LogP contribution < -0.4 is 10.1 Å². The van der Waals surface area contributed by atoms with Crippen LogP contribution in [0.25, 0.3) is 21.8 Å². The van der Waals surface area contributed by atoms with Gasteiger partial charge in [-0.3, -0.25) is 9.89 Å². The number of benzene rings is 2. The van der Waals surface area contributed by atoms with Gasteiger partial charge in [0.1, 0.15) is 5.75 Å². The topological polar surface area (TPSA) is 71.9 Å². The third kappa shape index (κ3) is 2.82. The molecule has 4 aromatic rings. The number of fused-ring (bicyclic) bond motifs is 2. The van der Waals surface area contributed by atoms with Gasteiger partial charge in [-0.25, -0.2) is 0 Å². The molecule has 126 valence electrons. The number of hydrogen-bond acceptors (Lipinski definition) is 3. The largest absolute Gasteiger partial charge is 0.497 e. The van der Waals surface area contributed by atoms with Crippen molar-refractivity contribution in [1.82, 2.24) is 20.1 Å². The lowest BCUT2D eigenvalue weighted by Crippen LogP contribution is -2.27. The van der Waals surface area contributed by atoms with Gasteiger partial charge in [-0.2, -0.15) is 5.10 Å². The van der Waals surface area contributed by atoms with Gasteiger partial charge < -0.3 is 14.6 Å². The monoisotopic (exact) mass is 334 g/mol. The molecule has 6 nitrogen and oxygen atoms in total. The molecule has 0 saturated carbocycles. The zero-order valence-electron chi connectivity index (χ0n) is 13.8. The summed E-state index contributed by atoms with van der Waals surface area (Å²) in [6.45, 7) is 1.21. The van der Waals surface area contributed by atoms with Gasteiger partial charge in [0.15, 0.2) is 5.69 Å². The Hall–Kier alpha value is -3.28. The fourth-order valence-electron chi connectivity index (χ4n) is 3.01. The molecular formula is C19H18N4O2. The molecule has 2 aromatic carbocycles. The van der Waals surface area contributed by atoms with Crippen LogP contribution in [0.1, 0.15) is 10.5 Å². The molecule has 0 fully saturated rings. The number of carbonyl (C=O) groups is 1. The smallest absolute Gasteiger partial charge is 0.272 e. The summed E-state index contributed by atoms with van der Waals surface area (Å²) in [5, 5.41) is 11.9. The molecule has 0 aliphatic rings. The van der Waals surface area contributed by atoms with E-state index in [0.29, 0.717) is 18.8 Å². The Morgan fingerprint density at radius 2 is 2.12 bits per heavy atom. The first-order valence-corrected chi connectivity index (χ1v) is 8.10. The summed E-state index contributed by atoms with van der Waals surface area (Å²) in [5.41, 5.74) is 2.40. The third-order valence-electron chi connectivity index (χ3n) is 4.30. The molecule has 0 aliphatic carbocycles. The van der Waals surface area contributed by atoms with Crippen molar-refractivity contribution < 1.29 is 9.53 Å². The number of carbonyl (C=O) groups excluding carboxylic acids is 1. The Morgan fingerprint density at radius 3 is 3.00 bits per heavy atom. The zero-order valence-corrected chi connectivity index (χ0v) is 13.8. The fraction of sp³-hybridized carbons (Fsp3) is 0.158. The first-order chi connectivity index (χ1) is 12.3. The molecule has 1 amide bonds. The predicted molar refractivity (Wildman–Crippen MR) is 96.9 cm³/mol. The number of hydrogen-bond donors (Lipinski definition) is 2. The Bertz CT molecular complexity index is 1050. The first-order valence-electron chi connectivity index (χ1n) is 8.10. The van der Waals surface area contributed by atoms with Crippen molar-refractivity contribution in [2.45, 2.75) is 6.54 Å². The van der Waals surface area contributed by atoms with E-state index in [4.69, 9.17) is 4.74 Å². The second kappa shape index (κ2) is 6.32. The van der Waals surface area contributed by atoms with Crippen molar-refractivity contribution in [3.05, 3.63) is 60.4 Å². The van der Waals surface area contributed by atoms with Crippen LogP contribution in [-0.4, -0.2) is 34.3 Å². The Kier molecular flexibility index (Phi) is 3.85. The van der Waals surface area contributed by atoms with Crippen LogP contribution >= 0.6 is 0 Å². The quantitative estimate of drug-likeness (QED) is 0.589. The van der Waals surface area contributed by atoms with Crippen molar-refractivity contribution in [2.75, 3.05) is 13.7 Å². The Balaban J connectivity index is 1.45. The van der Waals surface area contributed by atoms with E-state index in [1.54, 1.807) is 7.11 Å². The van der Waals surface area contributed by atoms with Crippen LogP contribution in [-0.2, 0) is 6.54 Å². The van der Waals surface area contributed by atoms with E-state index in [-0.39, 0.29) is 5.91 Å². The second-order valence-electron chi connectivity index (χ2n) is 5.81. The second-order valence-corrected chi connectivity index (χ2v) is 5.81. The summed E-state index contributed by atoms with van der Waals surface area (Å²) in [5.74, 6) is 0.666. The van der Waals surface area contributed by atoms with Crippen LogP contribution in [0.5, 0.6) is 5.75 Å². The SMILES string of the molecule is COc1ccc2c(ccn2CCNC(=O)c2n[nH]c3ccccc23)c1. The number of nitrogens with zero attached hydrogens (tertiary/aromatic N) is 2. The van der Waals surface area contributed by atoms with Gasteiger partial charge in [0, 0.05) is 35.6 Å². The van der Waals surface area contributed by atoms with Gasteiger partial charge in [0.2, 0.25) is 0 Å². The lowest BCUT2D eigenvalue weighted by Gasteiger charge is -2.07. The van der Waals surface area contributed by atoms with E-state index in [2.05, 4.69) is 20.1 Å². The highest BCUT2D eigenvalue weighted by Gasteiger charge is 2.13. The van der Waals surface area contributed by atoms with E-state index >= 15 is 0 Å². The van der Waals surface area contributed by atoms with E-state index in [1.165, 1.54) is 0 Å². The number of methoxy groups -OCH3 is 1. The molecule has 6 heteroatoms. The molecule has 4 rings (SSSR count). The van der Waals surface area contributed by atoms with Crippen LogP contribution in [0, 0.1) is 0 Å². The van der Waals surface area contributed by atoms with Gasteiger partial charge in [-0.1, -0.05) is 18.2 Å². The molecular weight excluding hydrogens is 316 g/mol. The highest BCUT2D eigenvalue weighted by Crippen LogP contribution is 2.21. The fourth-order valence-corrected chi connectivity index (χ4v) is 3.01. The molecule has 0 saturated heterocycles. The van der Waals surface area contributed by atoms with Crippen molar-refractivity contribution in [1.29, 1.82) is 0 Å². The lowest BCUT2D eigenvalue weighted by atomic mass is 10.2. The average Bonchev–Trinajstić information content (AvgIpc) is 3.25. The van der Waals surface area contributed by atoms with Crippen LogP contribution in [0.4, 0.5) is 0 Å². The van der Waals surface area contributed by atoms with Gasteiger partial charge in [0.05, 0.1) is 12.6 Å². The Labute approximate surface area is 144 Å². The maximum atomic E-state index is 12.4. The summed E-state index contributed by atoms with van der Waals surface area (Å²) in [6.07, 6.45) is 2.01. The van der Waals surface area contributed by atoms with Gasteiger partial charge >= 0.3 is 0 Å². The maximum Gasteiger partial charge on any atom is 0.272 e. The lowest BCUT2D eigenvalue weighted by molar-refractivity contribution is 0.0949. The molecule has 2 heterocycles. The molecule has 2 N–H and O–H groups in total. The molecule has 0 unspecified atom stereocenters. The predicted octanol–water partition coefficient (Wildman–Crippen LogP) is 2.96.